The number of pyridine rings is 1. The van der Waals surface area contributed by atoms with Crippen LogP contribution in [0.3, 0.4) is 0 Å². The van der Waals surface area contributed by atoms with Crippen molar-refractivity contribution in [3.8, 4) is 5.75 Å². The monoisotopic (exact) mass is 431 g/mol. The Morgan fingerprint density at radius 3 is 2.73 bits per heavy atom. The van der Waals surface area contributed by atoms with Crippen LogP contribution in [0.1, 0.15) is 25.3 Å². The average molecular weight is 432 g/mol. The number of rotatable bonds is 11. The average Bonchev–Trinajstić information content (AvgIpc) is 3.59. The Balaban J connectivity index is 1.51. The lowest BCUT2D eigenvalue weighted by atomic mass is 10.2. The van der Waals surface area contributed by atoms with Gasteiger partial charge in [-0.05, 0) is 43.9 Å². The fourth-order valence-electron chi connectivity index (χ4n) is 2.73. The fraction of sp³-hybridized carbons (Fsp3) is 0.429. The van der Waals surface area contributed by atoms with Gasteiger partial charge >= 0.3 is 0 Å². The van der Waals surface area contributed by atoms with E-state index in [4.69, 9.17) is 4.74 Å². The van der Waals surface area contributed by atoms with Crippen LogP contribution in [0.25, 0.3) is 0 Å². The van der Waals surface area contributed by atoms with Crippen molar-refractivity contribution < 1.29 is 13.2 Å². The van der Waals surface area contributed by atoms with Crippen molar-refractivity contribution in [1.82, 2.24) is 20.3 Å². The maximum atomic E-state index is 12.2. The Bertz CT molecular complexity index is 931. The highest BCUT2D eigenvalue weighted by Crippen LogP contribution is 2.30. The normalized spacial score (nSPS) is 14.4. The summed E-state index contributed by atoms with van der Waals surface area (Å²) in [5.74, 6) is 2.18. The molecule has 1 aromatic heterocycles. The molecule has 1 saturated carbocycles. The predicted octanol–water partition coefficient (Wildman–Crippen LogP) is 1.90. The maximum Gasteiger partial charge on any atom is 0.242 e. The molecule has 0 unspecified atom stereocenters. The van der Waals surface area contributed by atoms with Gasteiger partial charge in [0.2, 0.25) is 10.0 Å². The molecule has 0 bridgehead atoms. The largest absolute Gasteiger partial charge is 0.493 e. The van der Waals surface area contributed by atoms with E-state index in [9.17, 15) is 8.42 Å². The minimum atomic E-state index is -3.57. The number of benzene rings is 1. The summed E-state index contributed by atoms with van der Waals surface area (Å²) in [6.45, 7) is 4.53. The minimum Gasteiger partial charge on any atom is -0.493 e. The first-order valence-electron chi connectivity index (χ1n) is 10.2. The van der Waals surface area contributed by atoms with Gasteiger partial charge in [0.25, 0.3) is 0 Å². The number of guanidine groups is 1. The molecule has 0 radical (unpaired) electrons. The van der Waals surface area contributed by atoms with Gasteiger partial charge in [-0.1, -0.05) is 18.2 Å². The number of sulfonamides is 1. The Labute approximate surface area is 178 Å². The molecule has 1 heterocycles. The highest BCUT2D eigenvalue weighted by atomic mass is 32.2. The summed E-state index contributed by atoms with van der Waals surface area (Å²) in [6, 6.07) is 11.0. The fourth-order valence-corrected chi connectivity index (χ4v) is 3.72. The van der Waals surface area contributed by atoms with E-state index in [-0.39, 0.29) is 11.4 Å². The second-order valence-electron chi connectivity index (χ2n) is 7.07. The van der Waals surface area contributed by atoms with Crippen LogP contribution in [0.2, 0.25) is 0 Å². The van der Waals surface area contributed by atoms with Crippen LogP contribution in [0.15, 0.2) is 58.7 Å². The van der Waals surface area contributed by atoms with Gasteiger partial charge in [-0.3, -0.25) is 4.98 Å². The minimum absolute atomic E-state index is 0.147. The van der Waals surface area contributed by atoms with Crippen LogP contribution in [0.5, 0.6) is 5.75 Å². The Hall–Kier alpha value is -2.65. The molecular formula is C21H29N5O3S. The van der Waals surface area contributed by atoms with Crippen LogP contribution >= 0.6 is 0 Å². The Morgan fingerprint density at radius 2 is 2.00 bits per heavy atom. The van der Waals surface area contributed by atoms with Gasteiger partial charge in [-0.2, -0.15) is 0 Å². The quantitative estimate of drug-likeness (QED) is 0.285. The molecule has 1 aliphatic rings. The molecule has 8 nitrogen and oxygen atoms in total. The third-order valence-corrected chi connectivity index (χ3v) is 6.00. The van der Waals surface area contributed by atoms with Crippen molar-refractivity contribution in [2.24, 2.45) is 10.9 Å². The first kappa shape index (κ1) is 22.0. The second-order valence-corrected chi connectivity index (χ2v) is 8.84. The van der Waals surface area contributed by atoms with Crippen LogP contribution in [0, 0.1) is 5.92 Å². The number of nitrogens with zero attached hydrogens (tertiary/aromatic N) is 2. The highest BCUT2D eigenvalue weighted by molar-refractivity contribution is 7.89. The molecule has 30 heavy (non-hydrogen) atoms. The molecule has 0 amide bonds. The van der Waals surface area contributed by atoms with E-state index in [1.165, 1.54) is 31.3 Å². The number of nitrogens with one attached hydrogen (secondary N) is 3. The van der Waals surface area contributed by atoms with E-state index >= 15 is 0 Å². The van der Waals surface area contributed by atoms with Gasteiger partial charge in [-0.25, -0.2) is 18.1 Å². The van der Waals surface area contributed by atoms with Gasteiger partial charge in [0.1, 0.15) is 10.6 Å². The summed E-state index contributed by atoms with van der Waals surface area (Å²) in [5, 5.41) is 6.32. The summed E-state index contributed by atoms with van der Waals surface area (Å²) in [7, 11) is -3.57. The second kappa shape index (κ2) is 10.9. The van der Waals surface area contributed by atoms with Gasteiger partial charge in [0.05, 0.1) is 13.2 Å². The molecule has 1 aromatic carbocycles. The third-order valence-electron chi connectivity index (χ3n) is 4.55. The molecule has 3 N–H and O–H groups in total. The Kier molecular flexibility index (Phi) is 8.04. The van der Waals surface area contributed by atoms with Crippen molar-refractivity contribution >= 4 is 16.0 Å². The van der Waals surface area contributed by atoms with Crippen LogP contribution < -0.4 is 20.1 Å². The van der Waals surface area contributed by atoms with E-state index in [0.29, 0.717) is 31.5 Å². The van der Waals surface area contributed by atoms with Crippen molar-refractivity contribution in [3.63, 3.8) is 0 Å². The summed E-state index contributed by atoms with van der Waals surface area (Å²) in [5.41, 5.74) is 1.02. The predicted molar refractivity (Wildman–Crippen MR) is 117 cm³/mol. The van der Waals surface area contributed by atoms with E-state index in [0.717, 1.165) is 17.9 Å². The highest BCUT2D eigenvalue weighted by Gasteiger charge is 2.22. The summed E-state index contributed by atoms with van der Waals surface area (Å²) in [4.78, 5) is 8.60. The smallest absolute Gasteiger partial charge is 0.242 e. The molecule has 0 saturated heterocycles. The van der Waals surface area contributed by atoms with Crippen LogP contribution in [0.4, 0.5) is 0 Å². The van der Waals surface area contributed by atoms with Crippen LogP contribution in [-0.4, -0.2) is 45.6 Å². The Morgan fingerprint density at radius 1 is 1.17 bits per heavy atom. The summed E-state index contributed by atoms with van der Waals surface area (Å²) >= 11 is 0. The summed E-state index contributed by atoms with van der Waals surface area (Å²) < 4.78 is 32.9. The van der Waals surface area contributed by atoms with Crippen molar-refractivity contribution in [2.45, 2.75) is 31.2 Å². The SMILES string of the molecule is CCNC(=NCc1ccccc1OCC1CC1)NCCNS(=O)(=O)c1cccnc1. The number of aliphatic imine (C=N–C) groups is 1. The van der Waals surface area contributed by atoms with E-state index < -0.39 is 10.0 Å². The maximum absolute atomic E-state index is 12.2. The molecule has 3 rings (SSSR count). The van der Waals surface area contributed by atoms with Gasteiger partial charge < -0.3 is 15.4 Å². The number of hydrogen-bond donors (Lipinski definition) is 3. The molecule has 1 aliphatic carbocycles. The first-order valence-corrected chi connectivity index (χ1v) is 11.7. The topological polar surface area (TPSA) is 105 Å². The third kappa shape index (κ3) is 7.00. The molecule has 162 valence electrons. The lowest BCUT2D eigenvalue weighted by Gasteiger charge is -2.13. The standard InChI is InChI=1S/C21H29N5O3S/c1-2-23-21(24-12-13-26-30(27,28)19-7-5-11-22-15-19)25-14-18-6-3-4-8-20(18)29-16-17-9-10-17/h3-8,11,15,17,26H,2,9-10,12-14,16H2,1H3,(H2,23,24,25). The van der Waals surface area contributed by atoms with Gasteiger partial charge in [0, 0.05) is 37.6 Å². The summed E-state index contributed by atoms with van der Waals surface area (Å²) in [6.07, 6.45) is 5.36. The van der Waals surface area contributed by atoms with Crippen molar-refractivity contribution in [3.05, 3.63) is 54.4 Å². The van der Waals surface area contributed by atoms with E-state index in [1.54, 1.807) is 6.07 Å². The first-order chi connectivity index (χ1) is 14.6. The molecule has 0 aliphatic heterocycles. The number of hydrogen-bond acceptors (Lipinski definition) is 5. The molecule has 9 heteroatoms. The van der Waals surface area contributed by atoms with Crippen molar-refractivity contribution in [2.75, 3.05) is 26.2 Å². The lowest BCUT2D eigenvalue weighted by Crippen LogP contribution is -2.41. The molecular weight excluding hydrogens is 402 g/mol. The number of aromatic nitrogens is 1. The molecule has 1 fully saturated rings. The van der Waals surface area contributed by atoms with Gasteiger partial charge in [0.15, 0.2) is 5.96 Å². The number of ether oxygens (including phenoxy) is 1. The van der Waals surface area contributed by atoms with Crippen LogP contribution in [-0.2, 0) is 16.6 Å². The van der Waals surface area contributed by atoms with Crippen molar-refractivity contribution in [1.29, 1.82) is 0 Å². The lowest BCUT2D eigenvalue weighted by molar-refractivity contribution is 0.297. The number of para-hydroxylation sites is 1. The van der Waals surface area contributed by atoms with E-state index in [1.807, 2.05) is 31.2 Å². The zero-order chi connectivity index (χ0) is 21.2. The zero-order valence-electron chi connectivity index (χ0n) is 17.2. The van der Waals surface area contributed by atoms with Gasteiger partial charge in [-0.15, -0.1) is 0 Å². The molecule has 0 atom stereocenters. The molecule has 0 spiro atoms. The van der Waals surface area contributed by atoms with E-state index in [2.05, 4.69) is 25.3 Å². The zero-order valence-corrected chi connectivity index (χ0v) is 18.0. The molecule has 2 aromatic rings.